The molecule has 0 radical (unpaired) electrons. The van der Waals surface area contributed by atoms with E-state index in [1.54, 1.807) is 31.2 Å². The molecule has 104 valence electrons. The Morgan fingerprint density at radius 3 is 2.53 bits per heavy atom. The number of urea groups is 1. The predicted octanol–water partition coefficient (Wildman–Crippen LogP) is 2.07. The van der Waals surface area contributed by atoms with Gasteiger partial charge in [0.1, 0.15) is 11.3 Å². The highest BCUT2D eigenvalue weighted by Crippen LogP contribution is 2.23. The number of carbonyl (C=O) groups is 2. The first-order valence-corrected chi connectivity index (χ1v) is 5.88. The number of anilines is 1. The van der Waals surface area contributed by atoms with Gasteiger partial charge in [-0.15, -0.1) is 0 Å². The van der Waals surface area contributed by atoms with Crippen LogP contribution in [0.25, 0.3) is 0 Å². The molecule has 19 heavy (non-hydrogen) atoms. The average molecular weight is 266 g/mol. The number of benzene rings is 1. The Labute approximate surface area is 111 Å². The highest BCUT2D eigenvalue weighted by Gasteiger charge is 2.32. The van der Waals surface area contributed by atoms with Gasteiger partial charge in [-0.3, -0.25) is 0 Å². The lowest BCUT2D eigenvalue weighted by molar-refractivity contribution is -0.143. The number of aliphatic carboxylic acids is 1. The van der Waals surface area contributed by atoms with Crippen LogP contribution >= 0.6 is 0 Å². The predicted molar refractivity (Wildman–Crippen MR) is 71.5 cm³/mol. The van der Waals surface area contributed by atoms with Crippen LogP contribution in [0.15, 0.2) is 24.3 Å². The van der Waals surface area contributed by atoms with Crippen LogP contribution in [0.3, 0.4) is 0 Å². The molecule has 1 aromatic rings. The van der Waals surface area contributed by atoms with Crippen molar-refractivity contribution < 1.29 is 19.4 Å². The van der Waals surface area contributed by atoms with Crippen LogP contribution < -0.4 is 15.4 Å². The quantitative estimate of drug-likeness (QED) is 0.761. The van der Waals surface area contributed by atoms with Crippen molar-refractivity contribution in [1.29, 1.82) is 0 Å². The summed E-state index contributed by atoms with van der Waals surface area (Å²) in [4.78, 5) is 22.9. The third kappa shape index (κ3) is 3.61. The van der Waals surface area contributed by atoms with Gasteiger partial charge in [0.2, 0.25) is 0 Å². The molecule has 1 unspecified atom stereocenters. The summed E-state index contributed by atoms with van der Waals surface area (Å²) in [5.41, 5.74) is -0.821. The summed E-state index contributed by atoms with van der Waals surface area (Å²) in [5, 5.41) is 14.1. The molecule has 0 aliphatic carbocycles. The number of para-hydroxylation sites is 2. The van der Waals surface area contributed by atoms with E-state index in [0.29, 0.717) is 11.4 Å². The smallest absolute Gasteiger partial charge is 0.329 e. The van der Waals surface area contributed by atoms with Crippen molar-refractivity contribution >= 4 is 17.7 Å². The summed E-state index contributed by atoms with van der Waals surface area (Å²) < 4.78 is 5.09. The molecule has 0 fully saturated rings. The molecule has 6 heteroatoms. The van der Waals surface area contributed by atoms with Gasteiger partial charge in [0.05, 0.1) is 12.8 Å². The fourth-order valence-corrected chi connectivity index (χ4v) is 1.45. The number of amides is 2. The monoisotopic (exact) mass is 266 g/mol. The van der Waals surface area contributed by atoms with Gasteiger partial charge >= 0.3 is 12.0 Å². The third-order valence-electron chi connectivity index (χ3n) is 2.92. The van der Waals surface area contributed by atoms with Gasteiger partial charge in [0.25, 0.3) is 0 Å². The Bertz CT molecular complexity index is 475. The Morgan fingerprint density at radius 1 is 1.37 bits per heavy atom. The summed E-state index contributed by atoms with van der Waals surface area (Å²) in [7, 11) is 1.49. The van der Waals surface area contributed by atoms with Gasteiger partial charge in [-0.25, -0.2) is 9.59 Å². The Kier molecular flexibility index (Phi) is 4.74. The van der Waals surface area contributed by atoms with Crippen molar-refractivity contribution in [2.75, 3.05) is 12.4 Å². The standard InChI is InChI=1S/C13H18N2O4/c1-4-13(2,11(16)17)15-12(18)14-9-7-5-6-8-10(9)19-3/h5-8H,4H2,1-3H3,(H,16,17)(H2,14,15,18). The molecule has 1 aromatic carbocycles. The van der Waals surface area contributed by atoms with E-state index in [2.05, 4.69) is 10.6 Å². The summed E-state index contributed by atoms with van der Waals surface area (Å²) in [6, 6.07) is 6.30. The molecule has 0 heterocycles. The molecule has 0 aliphatic heterocycles. The molecule has 2 amide bonds. The van der Waals surface area contributed by atoms with Gasteiger partial charge in [-0.1, -0.05) is 19.1 Å². The van der Waals surface area contributed by atoms with E-state index in [9.17, 15) is 9.59 Å². The van der Waals surface area contributed by atoms with Crippen molar-refractivity contribution in [3.63, 3.8) is 0 Å². The van der Waals surface area contributed by atoms with E-state index in [1.807, 2.05) is 0 Å². The van der Waals surface area contributed by atoms with Crippen LogP contribution in [-0.4, -0.2) is 29.8 Å². The van der Waals surface area contributed by atoms with E-state index in [4.69, 9.17) is 9.84 Å². The summed E-state index contributed by atoms with van der Waals surface area (Å²) in [6.07, 6.45) is 0.279. The number of carboxylic acids is 1. The van der Waals surface area contributed by atoms with E-state index < -0.39 is 17.5 Å². The Hall–Kier alpha value is -2.24. The number of methoxy groups -OCH3 is 1. The SMILES string of the molecule is CCC(C)(NC(=O)Nc1ccccc1OC)C(=O)O. The minimum atomic E-state index is -1.30. The van der Waals surface area contributed by atoms with Crippen molar-refractivity contribution in [3.8, 4) is 5.75 Å². The zero-order valence-corrected chi connectivity index (χ0v) is 11.2. The summed E-state index contributed by atoms with van der Waals surface area (Å²) >= 11 is 0. The molecule has 3 N–H and O–H groups in total. The number of rotatable bonds is 5. The molecule has 0 bridgehead atoms. The lowest BCUT2D eigenvalue weighted by Crippen LogP contribution is -2.53. The molecular weight excluding hydrogens is 248 g/mol. The fraction of sp³-hybridized carbons (Fsp3) is 0.385. The van der Waals surface area contributed by atoms with Crippen molar-refractivity contribution in [3.05, 3.63) is 24.3 Å². The van der Waals surface area contributed by atoms with Gasteiger partial charge in [-0.2, -0.15) is 0 Å². The first kappa shape index (κ1) is 14.8. The van der Waals surface area contributed by atoms with Crippen LogP contribution in [0.5, 0.6) is 5.75 Å². The molecule has 1 rings (SSSR count). The van der Waals surface area contributed by atoms with Gasteiger partial charge in [-0.05, 0) is 25.5 Å². The minimum absolute atomic E-state index is 0.279. The van der Waals surface area contributed by atoms with E-state index in [0.717, 1.165) is 0 Å². The number of hydrogen-bond acceptors (Lipinski definition) is 3. The van der Waals surface area contributed by atoms with E-state index in [-0.39, 0.29) is 6.42 Å². The van der Waals surface area contributed by atoms with Crippen LogP contribution in [0.1, 0.15) is 20.3 Å². The van der Waals surface area contributed by atoms with Crippen molar-refractivity contribution in [1.82, 2.24) is 5.32 Å². The normalized spacial score (nSPS) is 13.2. The molecule has 0 saturated carbocycles. The number of carbonyl (C=O) groups excluding carboxylic acids is 1. The molecule has 1 atom stereocenters. The van der Waals surface area contributed by atoms with Gasteiger partial charge < -0.3 is 20.5 Å². The molecule has 6 nitrogen and oxygen atoms in total. The maximum Gasteiger partial charge on any atom is 0.329 e. The first-order valence-electron chi connectivity index (χ1n) is 5.88. The van der Waals surface area contributed by atoms with Crippen LogP contribution in [-0.2, 0) is 4.79 Å². The van der Waals surface area contributed by atoms with E-state index in [1.165, 1.54) is 14.0 Å². The molecule has 0 saturated heterocycles. The lowest BCUT2D eigenvalue weighted by atomic mass is 10.00. The van der Waals surface area contributed by atoms with Crippen LogP contribution in [0, 0.1) is 0 Å². The molecular formula is C13H18N2O4. The number of hydrogen-bond donors (Lipinski definition) is 3. The van der Waals surface area contributed by atoms with Crippen LogP contribution in [0.4, 0.5) is 10.5 Å². The number of ether oxygens (including phenoxy) is 1. The molecule has 0 aliphatic rings. The van der Waals surface area contributed by atoms with Crippen molar-refractivity contribution in [2.45, 2.75) is 25.8 Å². The first-order chi connectivity index (χ1) is 8.92. The van der Waals surface area contributed by atoms with Crippen molar-refractivity contribution in [2.24, 2.45) is 0 Å². The van der Waals surface area contributed by atoms with E-state index >= 15 is 0 Å². The minimum Gasteiger partial charge on any atom is -0.495 e. The lowest BCUT2D eigenvalue weighted by Gasteiger charge is -2.24. The largest absolute Gasteiger partial charge is 0.495 e. The zero-order valence-electron chi connectivity index (χ0n) is 11.2. The highest BCUT2D eigenvalue weighted by molar-refractivity contribution is 5.94. The molecule has 0 spiro atoms. The summed E-state index contributed by atoms with van der Waals surface area (Å²) in [6.45, 7) is 3.15. The Morgan fingerprint density at radius 2 is 2.00 bits per heavy atom. The maximum atomic E-state index is 11.8. The highest BCUT2D eigenvalue weighted by atomic mass is 16.5. The average Bonchev–Trinajstić information content (AvgIpc) is 2.38. The fourth-order valence-electron chi connectivity index (χ4n) is 1.45. The zero-order chi connectivity index (χ0) is 14.5. The van der Waals surface area contributed by atoms with Gasteiger partial charge in [0.15, 0.2) is 0 Å². The second-order valence-electron chi connectivity index (χ2n) is 4.27. The number of nitrogens with one attached hydrogen (secondary N) is 2. The third-order valence-corrected chi connectivity index (χ3v) is 2.92. The number of carboxylic acid groups (broad SMARTS) is 1. The second kappa shape index (κ2) is 6.08. The van der Waals surface area contributed by atoms with Crippen LogP contribution in [0.2, 0.25) is 0 Å². The van der Waals surface area contributed by atoms with Gasteiger partial charge in [0, 0.05) is 0 Å². The summed E-state index contributed by atoms with van der Waals surface area (Å²) in [5.74, 6) is -0.573. The Balaban J connectivity index is 2.78. The maximum absolute atomic E-state index is 11.8. The topological polar surface area (TPSA) is 87.7 Å². The molecule has 0 aromatic heterocycles. The second-order valence-corrected chi connectivity index (χ2v) is 4.27.